The number of para-hydroxylation sites is 1. The molecule has 0 fully saturated rings. The first-order chi connectivity index (χ1) is 9.72. The van der Waals surface area contributed by atoms with Crippen molar-refractivity contribution in [3.8, 4) is 0 Å². The molecule has 0 saturated carbocycles. The quantitative estimate of drug-likeness (QED) is 0.553. The van der Waals surface area contributed by atoms with Gasteiger partial charge in [-0.05, 0) is 31.0 Å². The molecule has 5 nitrogen and oxygen atoms in total. The summed E-state index contributed by atoms with van der Waals surface area (Å²) in [5.41, 5.74) is 7.59. The van der Waals surface area contributed by atoms with Gasteiger partial charge in [-0.1, -0.05) is 24.6 Å². The minimum atomic E-state index is -0.804. The second-order valence-electron chi connectivity index (χ2n) is 4.92. The van der Waals surface area contributed by atoms with Crippen molar-refractivity contribution in [1.29, 1.82) is 0 Å². The fourth-order valence-corrected chi connectivity index (χ4v) is 2.32. The number of fused-ring (bicyclic) bond motifs is 1. The molecule has 0 amide bonds. The van der Waals surface area contributed by atoms with Crippen LogP contribution in [0.1, 0.15) is 24.8 Å². The van der Waals surface area contributed by atoms with Crippen LogP contribution in [0, 0.1) is 0 Å². The molecule has 1 heterocycles. The molecule has 5 heteroatoms. The molecule has 1 aromatic heterocycles. The molecule has 0 aliphatic rings. The number of carbonyl (C=O) groups is 1. The molecule has 0 spiro atoms. The van der Waals surface area contributed by atoms with Crippen molar-refractivity contribution in [3.63, 3.8) is 0 Å². The van der Waals surface area contributed by atoms with Gasteiger partial charge in [-0.15, -0.1) is 0 Å². The van der Waals surface area contributed by atoms with Crippen molar-refractivity contribution >= 4 is 16.9 Å². The Balaban J connectivity index is 1.96. The summed E-state index contributed by atoms with van der Waals surface area (Å²) in [6.45, 7) is 1.15. The van der Waals surface area contributed by atoms with Gasteiger partial charge in [-0.25, -0.2) is 0 Å². The Hall–Kier alpha value is -1.85. The summed E-state index contributed by atoms with van der Waals surface area (Å²) >= 11 is 0. The maximum Gasteiger partial charge on any atom is 0.320 e. The largest absolute Gasteiger partial charge is 0.480 e. The number of nitrogens with two attached hydrogens (primary N) is 1. The number of hydrogen-bond donors (Lipinski definition) is 4. The monoisotopic (exact) mass is 275 g/mol. The van der Waals surface area contributed by atoms with Gasteiger partial charge in [0.1, 0.15) is 6.04 Å². The maximum absolute atomic E-state index is 11.2. The van der Waals surface area contributed by atoms with Crippen molar-refractivity contribution in [3.05, 3.63) is 36.0 Å². The molecule has 0 aliphatic carbocycles. The highest BCUT2D eigenvalue weighted by atomic mass is 16.4. The molecule has 0 unspecified atom stereocenters. The lowest BCUT2D eigenvalue weighted by molar-refractivity contribution is -0.139. The molecule has 0 bridgehead atoms. The Morgan fingerprint density at radius 1 is 1.35 bits per heavy atom. The Labute approximate surface area is 118 Å². The number of unbranched alkanes of at least 4 members (excludes halogenated alkanes) is 1. The van der Waals surface area contributed by atoms with Crippen LogP contribution in [0.15, 0.2) is 30.5 Å². The van der Waals surface area contributed by atoms with Crippen LogP contribution in [0.4, 0.5) is 0 Å². The van der Waals surface area contributed by atoms with Gasteiger partial charge in [-0.2, -0.15) is 0 Å². The predicted molar refractivity (Wildman–Crippen MR) is 79.5 cm³/mol. The molecule has 1 aromatic carbocycles. The van der Waals surface area contributed by atoms with Gasteiger partial charge in [0.15, 0.2) is 0 Å². The summed E-state index contributed by atoms with van der Waals surface area (Å²) < 4.78 is 0. The van der Waals surface area contributed by atoms with Crippen molar-refractivity contribution < 1.29 is 9.90 Å². The first-order valence-electron chi connectivity index (χ1n) is 6.93. The summed E-state index contributed by atoms with van der Waals surface area (Å²) in [7, 11) is 0. The number of carboxylic acid groups (broad SMARTS) is 1. The van der Waals surface area contributed by atoms with E-state index < -0.39 is 12.0 Å². The molecule has 2 rings (SSSR count). The van der Waals surface area contributed by atoms with E-state index >= 15 is 0 Å². The maximum atomic E-state index is 11.2. The highest BCUT2D eigenvalue weighted by Gasteiger charge is 2.16. The second kappa shape index (κ2) is 7.07. The van der Waals surface area contributed by atoms with Crippen LogP contribution in [0.2, 0.25) is 0 Å². The molecule has 108 valence electrons. The fraction of sp³-hybridized carbons (Fsp3) is 0.400. The van der Waals surface area contributed by atoms with Crippen LogP contribution in [0.25, 0.3) is 10.9 Å². The minimum absolute atomic E-state index is 0.518. The zero-order chi connectivity index (χ0) is 14.4. The van der Waals surface area contributed by atoms with E-state index in [1.165, 1.54) is 0 Å². The van der Waals surface area contributed by atoms with Crippen LogP contribution in [-0.4, -0.2) is 28.6 Å². The molecular formula is C15H21N3O2. The third-order valence-electron chi connectivity index (χ3n) is 3.46. The SMILES string of the molecule is NCCCC[C@H](NCc1c[nH]c2ccccc12)C(=O)O. The molecule has 20 heavy (non-hydrogen) atoms. The average molecular weight is 275 g/mol. The van der Waals surface area contributed by atoms with E-state index in [4.69, 9.17) is 5.73 Å². The van der Waals surface area contributed by atoms with E-state index in [1.54, 1.807) is 0 Å². The zero-order valence-corrected chi connectivity index (χ0v) is 11.4. The van der Waals surface area contributed by atoms with E-state index in [-0.39, 0.29) is 0 Å². The predicted octanol–water partition coefficient (Wildman–Crippen LogP) is 1.84. The zero-order valence-electron chi connectivity index (χ0n) is 11.4. The highest BCUT2D eigenvalue weighted by molar-refractivity contribution is 5.83. The summed E-state index contributed by atoms with van der Waals surface area (Å²) in [5.74, 6) is -0.804. The van der Waals surface area contributed by atoms with Crippen LogP contribution in [-0.2, 0) is 11.3 Å². The third-order valence-corrected chi connectivity index (χ3v) is 3.46. The van der Waals surface area contributed by atoms with E-state index in [0.29, 0.717) is 19.5 Å². The van der Waals surface area contributed by atoms with Gasteiger partial charge in [0.05, 0.1) is 0 Å². The molecule has 5 N–H and O–H groups in total. The van der Waals surface area contributed by atoms with E-state index in [1.807, 2.05) is 30.5 Å². The third kappa shape index (κ3) is 3.59. The fourth-order valence-electron chi connectivity index (χ4n) is 2.32. The number of aromatic nitrogens is 1. The van der Waals surface area contributed by atoms with Gasteiger partial charge < -0.3 is 21.1 Å². The minimum Gasteiger partial charge on any atom is -0.480 e. The number of carboxylic acids is 1. The topological polar surface area (TPSA) is 91.1 Å². The average Bonchev–Trinajstić information content (AvgIpc) is 2.85. The number of H-pyrrole nitrogens is 1. The molecule has 0 saturated heterocycles. The number of hydrogen-bond acceptors (Lipinski definition) is 3. The second-order valence-corrected chi connectivity index (χ2v) is 4.92. The van der Waals surface area contributed by atoms with Crippen LogP contribution in [0.3, 0.4) is 0 Å². The van der Waals surface area contributed by atoms with Crippen molar-refractivity contribution in [1.82, 2.24) is 10.3 Å². The Morgan fingerprint density at radius 2 is 2.15 bits per heavy atom. The Bertz CT molecular complexity index is 565. The summed E-state index contributed by atoms with van der Waals surface area (Å²) in [4.78, 5) is 14.4. The smallest absolute Gasteiger partial charge is 0.320 e. The first-order valence-corrected chi connectivity index (χ1v) is 6.93. The Kier molecular flexibility index (Phi) is 5.15. The normalized spacial score (nSPS) is 12.7. The summed E-state index contributed by atoms with van der Waals surface area (Å²) in [5, 5.41) is 13.5. The van der Waals surface area contributed by atoms with E-state index in [9.17, 15) is 9.90 Å². The lowest BCUT2D eigenvalue weighted by Gasteiger charge is -2.13. The number of aromatic amines is 1. The molecule has 1 atom stereocenters. The number of nitrogens with one attached hydrogen (secondary N) is 2. The molecule has 0 aliphatic heterocycles. The lowest BCUT2D eigenvalue weighted by atomic mass is 10.1. The van der Waals surface area contributed by atoms with Crippen molar-refractivity contribution in [2.45, 2.75) is 31.8 Å². The standard InChI is InChI=1S/C15H21N3O2/c16-8-4-3-7-14(15(19)20)18-10-11-9-17-13-6-2-1-5-12(11)13/h1-2,5-6,9,14,17-18H,3-4,7-8,10,16H2,(H,19,20)/t14-/m0/s1. The van der Waals surface area contributed by atoms with E-state index in [2.05, 4.69) is 10.3 Å². The van der Waals surface area contributed by atoms with Crippen molar-refractivity contribution in [2.24, 2.45) is 5.73 Å². The van der Waals surface area contributed by atoms with Crippen LogP contribution < -0.4 is 11.1 Å². The summed E-state index contributed by atoms with van der Waals surface area (Å²) in [6, 6.07) is 7.48. The number of aliphatic carboxylic acids is 1. The first kappa shape index (κ1) is 14.6. The summed E-state index contributed by atoms with van der Waals surface area (Å²) in [6.07, 6.45) is 4.22. The van der Waals surface area contributed by atoms with Crippen LogP contribution in [0.5, 0.6) is 0 Å². The van der Waals surface area contributed by atoms with Gasteiger partial charge >= 0.3 is 5.97 Å². The molecule has 0 radical (unpaired) electrons. The van der Waals surface area contributed by atoms with Crippen LogP contribution >= 0.6 is 0 Å². The lowest BCUT2D eigenvalue weighted by Crippen LogP contribution is -2.36. The van der Waals surface area contributed by atoms with Gasteiger partial charge in [0.2, 0.25) is 0 Å². The van der Waals surface area contributed by atoms with Gasteiger partial charge in [0, 0.05) is 23.6 Å². The molecular weight excluding hydrogens is 254 g/mol. The Morgan fingerprint density at radius 3 is 2.90 bits per heavy atom. The highest BCUT2D eigenvalue weighted by Crippen LogP contribution is 2.17. The van der Waals surface area contributed by atoms with E-state index in [0.717, 1.165) is 29.3 Å². The number of benzene rings is 1. The van der Waals surface area contributed by atoms with Crippen molar-refractivity contribution in [2.75, 3.05) is 6.54 Å². The number of rotatable bonds is 8. The van der Waals surface area contributed by atoms with Gasteiger partial charge in [-0.3, -0.25) is 4.79 Å². The van der Waals surface area contributed by atoms with Gasteiger partial charge in [0.25, 0.3) is 0 Å². The molecule has 2 aromatic rings.